The number of para-hydroxylation sites is 1. The zero-order chi connectivity index (χ0) is 24.9. The van der Waals surface area contributed by atoms with Crippen molar-refractivity contribution in [1.29, 1.82) is 0 Å². The van der Waals surface area contributed by atoms with E-state index in [0.717, 1.165) is 16.8 Å². The van der Waals surface area contributed by atoms with E-state index in [2.05, 4.69) is 31.0 Å². The van der Waals surface area contributed by atoms with Crippen LogP contribution in [0.25, 0.3) is 17.1 Å². The van der Waals surface area contributed by atoms with Gasteiger partial charge < -0.3 is 0 Å². The van der Waals surface area contributed by atoms with E-state index in [1.807, 2.05) is 79.7 Å². The Balaban J connectivity index is 1.21. The Hall–Kier alpha value is -4.63. The summed E-state index contributed by atoms with van der Waals surface area (Å²) in [5, 5.41) is 21.6. The number of carbonyl (C=O) groups excluding carboxylic acids is 1. The Bertz CT molecular complexity index is 1510. The molecule has 0 saturated carbocycles. The molecule has 1 N–H and O–H groups in total. The summed E-state index contributed by atoms with van der Waals surface area (Å²) in [7, 11) is 0. The van der Waals surface area contributed by atoms with Gasteiger partial charge in [0, 0.05) is 11.1 Å². The average molecular weight is 497 g/mol. The van der Waals surface area contributed by atoms with E-state index >= 15 is 0 Å². The lowest BCUT2D eigenvalue weighted by atomic mass is 10.1. The van der Waals surface area contributed by atoms with Crippen LogP contribution in [0.3, 0.4) is 0 Å². The second-order valence-electron chi connectivity index (χ2n) is 7.94. The number of aryl methyl sites for hydroxylation is 1. The lowest BCUT2D eigenvalue weighted by Gasteiger charge is -2.03. The molecule has 5 rings (SSSR count). The quantitative estimate of drug-likeness (QED) is 0.267. The van der Waals surface area contributed by atoms with Crippen LogP contribution in [0.5, 0.6) is 0 Å². The summed E-state index contributed by atoms with van der Waals surface area (Å²) in [5.41, 5.74) is 7.01. The van der Waals surface area contributed by atoms with Gasteiger partial charge in [-0.05, 0) is 42.0 Å². The molecule has 0 aliphatic carbocycles. The first-order chi connectivity index (χ1) is 17.6. The summed E-state index contributed by atoms with van der Waals surface area (Å²) in [6.07, 6.45) is 1.50. The molecule has 178 valence electrons. The molecule has 0 aliphatic heterocycles. The summed E-state index contributed by atoms with van der Waals surface area (Å²) < 4.78 is 1.63. The molecule has 0 bridgehead atoms. The van der Waals surface area contributed by atoms with Gasteiger partial charge in [0.1, 0.15) is 5.15 Å². The molecule has 0 aliphatic rings. The second kappa shape index (κ2) is 10.3. The molecule has 36 heavy (non-hydrogen) atoms. The Morgan fingerprint density at radius 3 is 2.39 bits per heavy atom. The molecule has 0 fully saturated rings. The minimum absolute atomic E-state index is 0.340. The zero-order valence-corrected chi connectivity index (χ0v) is 20.0. The van der Waals surface area contributed by atoms with Gasteiger partial charge in [-0.1, -0.05) is 72.3 Å². The van der Waals surface area contributed by atoms with E-state index in [1.54, 1.807) is 16.8 Å². The summed E-state index contributed by atoms with van der Waals surface area (Å²) in [5.74, 6) is 0.224. The molecule has 2 aromatic heterocycles. The van der Waals surface area contributed by atoms with E-state index < -0.39 is 0 Å². The molecule has 1 amide bonds. The molecule has 3 aromatic carbocycles. The Morgan fingerprint density at radius 2 is 1.67 bits per heavy atom. The van der Waals surface area contributed by atoms with E-state index in [4.69, 9.17) is 11.6 Å². The monoisotopic (exact) mass is 496 g/mol. The minimum atomic E-state index is -0.340. The maximum absolute atomic E-state index is 12.5. The van der Waals surface area contributed by atoms with Gasteiger partial charge in [-0.3, -0.25) is 4.79 Å². The standard InChI is InChI=1S/C26H21ClN8O/c1-18-23(24(27)35(31-18)22-10-6-3-7-11-22)16-28-30-26(36)21-14-12-19(13-15-21)17-34-32-25(29-33-34)20-8-4-2-5-9-20/h2-16H,17H2,1H3,(H,30,36)/b28-16+. The number of nitrogens with one attached hydrogen (secondary N) is 1. The Kier molecular flexibility index (Phi) is 6.63. The van der Waals surface area contributed by atoms with Crippen molar-refractivity contribution in [2.75, 3.05) is 0 Å². The highest BCUT2D eigenvalue weighted by Crippen LogP contribution is 2.22. The number of tetrazole rings is 1. The average Bonchev–Trinajstić information content (AvgIpc) is 3.50. The normalized spacial score (nSPS) is 11.2. The van der Waals surface area contributed by atoms with Crippen molar-refractivity contribution in [3.05, 3.63) is 112 Å². The van der Waals surface area contributed by atoms with Crippen molar-refractivity contribution in [3.8, 4) is 17.1 Å². The predicted octanol–water partition coefficient (Wildman–Crippen LogP) is 4.30. The number of amides is 1. The van der Waals surface area contributed by atoms with Crippen LogP contribution in [0, 0.1) is 6.92 Å². The number of carbonyl (C=O) groups is 1. The van der Waals surface area contributed by atoms with E-state index in [-0.39, 0.29) is 5.91 Å². The van der Waals surface area contributed by atoms with Gasteiger partial charge >= 0.3 is 0 Å². The molecular formula is C26H21ClN8O. The minimum Gasteiger partial charge on any atom is -0.267 e. The number of hydrazone groups is 1. The van der Waals surface area contributed by atoms with Gasteiger partial charge in [-0.2, -0.15) is 15.0 Å². The Labute approximate surface area is 212 Å². The third kappa shape index (κ3) is 5.06. The number of nitrogens with zero attached hydrogens (tertiary/aromatic N) is 7. The fraction of sp³-hybridized carbons (Fsp3) is 0.0769. The van der Waals surface area contributed by atoms with Crippen molar-refractivity contribution in [1.82, 2.24) is 35.4 Å². The fourth-order valence-electron chi connectivity index (χ4n) is 3.56. The highest BCUT2D eigenvalue weighted by molar-refractivity contribution is 6.32. The molecule has 0 unspecified atom stereocenters. The van der Waals surface area contributed by atoms with E-state index in [0.29, 0.717) is 34.3 Å². The maximum atomic E-state index is 12.5. The van der Waals surface area contributed by atoms with Gasteiger partial charge in [-0.25, -0.2) is 10.1 Å². The van der Waals surface area contributed by atoms with Crippen LogP contribution in [-0.4, -0.2) is 42.1 Å². The number of hydrogen-bond donors (Lipinski definition) is 1. The predicted molar refractivity (Wildman–Crippen MR) is 137 cm³/mol. The van der Waals surface area contributed by atoms with Gasteiger partial charge in [0.15, 0.2) is 0 Å². The smallest absolute Gasteiger partial charge is 0.267 e. The van der Waals surface area contributed by atoms with Crippen molar-refractivity contribution in [3.63, 3.8) is 0 Å². The van der Waals surface area contributed by atoms with E-state index in [9.17, 15) is 4.79 Å². The van der Waals surface area contributed by atoms with Crippen molar-refractivity contribution < 1.29 is 4.79 Å². The number of benzene rings is 3. The Morgan fingerprint density at radius 1 is 0.972 bits per heavy atom. The first-order valence-corrected chi connectivity index (χ1v) is 11.5. The van der Waals surface area contributed by atoms with E-state index in [1.165, 1.54) is 11.0 Å². The van der Waals surface area contributed by atoms with Crippen LogP contribution in [0.1, 0.15) is 27.2 Å². The highest BCUT2D eigenvalue weighted by Gasteiger charge is 2.13. The molecule has 0 saturated heterocycles. The van der Waals surface area contributed by atoms with Gasteiger partial charge in [0.05, 0.1) is 29.7 Å². The van der Waals surface area contributed by atoms with Crippen LogP contribution < -0.4 is 5.43 Å². The molecule has 0 spiro atoms. The fourth-order valence-corrected chi connectivity index (χ4v) is 3.88. The third-order valence-corrected chi connectivity index (χ3v) is 5.80. The number of halogens is 1. The zero-order valence-electron chi connectivity index (χ0n) is 19.3. The van der Waals surface area contributed by atoms with Crippen LogP contribution >= 0.6 is 11.6 Å². The highest BCUT2D eigenvalue weighted by atomic mass is 35.5. The molecule has 0 radical (unpaired) electrons. The molecular weight excluding hydrogens is 476 g/mol. The van der Waals surface area contributed by atoms with Gasteiger partial charge in [-0.15, -0.1) is 10.2 Å². The molecule has 10 heteroatoms. The van der Waals surface area contributed by atoms with Crippen LogP contribution in [0.15, 0.2) is 90.0 Å². The van der Waals surface area contributed by atoms with Crippen LogP contribution in [0.2, 0.25) is 5.15 Å². The lowest BCUT2D eigenvalue weighted by molar-refractivity contribution is 0.0955. The molecule has 9 nitrogen and oxygen atoms in total. The molecule has 5 aromatic rings. The number of aromatic nitrogens is 6. The van der Waals surface area contributed by atoms with Gasteiger partial charge in [0.2, 0.25) is 5.82 Å². The van der Waals surface area contributed by atoms with Crippen molar-refractivity contribution in [2.45, 2.75) is 13.5 Å². The van der Waals surface area contributed by atoms with Crippen LogP contribution in [-0.2, 0) is 6.54 Å². The second-order valence-corrected chi connectivity index (χ2v) is 8.30. The summed E-state index contributed by atoms with van der Waals surface area (Å²) in [4.78, 5) is 14.1. The summed E-state index contributed by atoms with van der Waals surface area (Å²) >= 11 is 6.50. The van der Waals surface area contributed by atoms with Gasteiger partial charge in [0.25, 0.3) is 5.91 Å². The van der Waals surface area contributed by atoms with Crippen molar-refractivity contribution >= 4 is 23.7 Å². The topological polar surface area (TPSA) is 103 Å². The maximum Gasteiger partial charge on any atom is 0.271 e. The third-order valence-electron chi connectivity index (χ3n) is 5.43. The van der Waals surface area contributed by atoms with Crippen LogP contribution in [0.4, 0.5) is 0 Å². The molecule has 0 atom stereocenters. The lowest BCUT2D eigenvalue weighted by Crippen LogP contribution is -2.17. The van der Waals surface area contributed by atoms with Crippen molar-refractivity contribution in [2.24, 2.45) is 5.10 Å². The molecule has 2 heterocycles. The largest absolute Gasteiger partial charge is 0.271 e. The first-order valence-electron chi connectivity index (χ1n) is 11.1. The summed E-state index contributed by atoms with van der Waals surface area (Å²) in [6.45, 7) is 2.27. The number of hydrogen-bond acceptors (Lipinski definition) is 6. The summed E-state index contributed by atoms with van der Waals surface area (Å²) in [6, 6.07) is 26.3. The first kappa shape index (κ1) is 23.1. The SMILES string of the molecule is Cc1nn(-c2ccccc2)c(Cl)c1/C=N/NC(=O)c1ccc(Cn2nnc(-c3ccccc3)n2)cc1. The number of rotatable bonds is 7.